The van der Waals surface area contributed by atoms with E-state index in [2.05, 4.69) is 4.98 Å². The Kier molecular flexibility index (Phi) is 3.98. The molecule has 0 aliphatic carbocycles. The molecule has 2 aromatic carbocycles. The van der Waals surface area contributed by atoms with E-state index in [9.17, 15) is 18.3 Å². The molecule has 136 valence electrons. The normalized spacial score (nSPS) is 16.7. The van der Waals surface area contributed by atoms with Crippen molar-refractivity contribution >= 4 is 22.6 Å². The summed E-state index contributed by atoms with van der Waals surface area (Å²) in [6.45, 7) is 0.712. The quantitative estimate of drug-likeness (QED) is 0.740. The van der Waals surface area contributed by atoms with Crippen molar-refractivity contribution in [2.45, 2.75) is 18.3 Å². The predicted molar refractivity (Wildman–Crippen MR) is 90.9 cm³/mol. The summed E-state index contributed by atoms with van der Waals surface area (Å²) in [6.07, 6.45) is -2.95. The van der Waals surface area contributed by atoms with E-state index >= 15 is 0 Å². The summed E-state index contributed by atoms with van der Waals surface area (Å²) in [5, 5.41) is 10.3. The van der Waals surface area contributed by atoms with Crippen LogP contribution in [-0.4, -0.2) is 33.5 Å². The molecule has 4 rings (SSSR count). The zero-order valence-electron chi connectivity index (χ0n) is 13.4. The minimum atomic E-state index is -4.52. The molecule has 26 heavy (non-hydrogen) atoms. The number of aliphatic hydroxyl groups is 1. The zero-order valence-corrected chi connectivity index (χ0v) is 14.2. The summed E-state index contributed by atoms with van der Waals surface area (Å²) in [7, 11) is 0. The maximum Gasteiger partial charge on any atom is 0.417 e. The number of nitrogens with zero attached hydrogens (tertiary/aromatic N) is 2. The van der Waals surface area contributed by atoms with Crippen molar-refractivity contribution in [3.8, 4) is 11.1 Å². The van der Waals surface area contributed by atoms with E-state index in [0.717, 1.165) is 6.07 Å². The predicted octanol–water partition coefficient (Wildman–Crippen LogP) is 4.14. The number of imidazole rings is 1. The van der Waals surface area contributed by atoms with Crippen molar-refractivity contribution in [3.63, 3.8) is 0 Å². The van der Waals surface area contributed by atoms with Crippen molar-refractivity contribution in [2.75, 3.05) is 13.2 Å². The van der Waals surface area contributed by atoms with Gasteiger partial charge in [0.25, 0.3) is 0 Å². The first-order valence-corrected chi connectivity index (χ1v) is 8.25. The van der Waals surface area contributed by atoms with Gasteiger partial charge >= 0.3 is 6.18 Å². The zero-order chi connectivity index (χ0) is 18.5. The van der Waals surface area contributed by atoms with Crippen molar-refractivity contribution in [2.24, 2.45) is 0 Å². The lowest BCUT2D eigenvalue weighted by Crippen LogP contribution is -2.52. The van der Waals surface area contributed by atoms with Gasteiger partial charge in [0.1, 0.15) is 5.60 Å². The number of hydrogen-bond donors (Lipinski definition) is 1. The molecule has 1 N–H and O–H groups in total. The van der Waals surface area contributed by atoms with Gasteiger partial charge < -0.3 is 14.4 Å². The van der Waals surface area contributed by atoms with E-state index < -0.39 is 17.3 Å². The molecule has 0 saturated carbocycles. The average Bonchev–Trinajstić information content (AvgIpc) is 2.94. The van der Waals surface area contributed by atoms with Crippen LogP contribution in [0.15, 0.2) is 42.7 Å². The van der Waals surface area contributed by atoms with Crippen LogP contribution in [0.4, 0.5) is 13.2 Å². The number of aromatic nitrogens is 2. The van der Waals surface area contributed by atoms with E-state index in [1.165, 1.54) is 12.1 Å². The van der Waals surface area contributed by atoms with Crippen LogP contribution in [0.5, 0.6) is 0 Å². The number of alkyl halides is 3. The molecule has 0 bridgehead atoms. The highest BCUT2D eigenvalue weighted by atomic mass is 35.5. The van der Waals surface area contributed by atoms with Crippen LogP contribution in [0.2, 0.25) is 5.02 Å². The molecule has 1 aliphatic rings. The number of ether oxygens (including phenoxy) is 1. The summed E-state index contributed by atoms with van der Waals surface area (Å²) in [6, 6.07) is 8.62. The smallest absolute Gasteiger partial charge is 0.383 e. The Balaban J connectivity index is 1.81. The highest BCUT2D eigenvalue weighted by molar-refractivity contribution is 6.30. The molecule has 8 heteroatoms. The first kappa shape index (κ1) is 17.3. The summed E-state index contributed by atoms with van der Waals surface area (Å²) in [5.74, 6) is 0. The first-order valence-electron chi connectivity index (χ1n) is 7.87. The number of rotatable bonds is 3. The fourth-order valence-corrected chi connectivity index (χ4v) is 3.27. The van der Waals surface area contributed by atoms with Crippen LogP contribution in [0.25, 0.3) is 22.2 Å². The molecular formula is C18H14ClF3N2O2. The largest absolute Gasteiger partial charge is 0.417 e. The topological polar surface area (TPSA) is 47.3 Å². The van der Waals surface area contributed by atoms with Gasteiger partial charge in [-0.15, -0.1) is 0 Å². The second-order valence-electron chi connectivity index (χ2n) is 6.48. The number of halogens is 4. The van der Waals surface area contributed by atoms with Crippen LogP contribution in [0.3, 0.4) is 0 Å². The van der Waals surface area contributed by atoms with Crippen LogP contribution >= 0.6 is 11.6 Å². The Hall–Kier alpha value is -2.09. The molecule has 0 radical (unpaired) electrons. The minimum absolute atomic E-state index is 0.0272. The molecule has 4 nitrogen and oxygen atoms in total. The lowest BCUT2D eigenvalue weighted by Gasteiger charge is -2.36. The van der Waals surface area contributed by atoms with Crippen LogP contribution < -0.4 is 0 Å². The van der Waals surface area contributed by atoms with Gasteiger partial charge in [0.15, 0.2) is 0 Å². The third kappa shape index (κ3) is 3.06. The molecule has 0 atom stereocenters. The van der Waals surface area contributed by atoms with E-state index in [0.29, 0.717) is 16.6 Å². The lowest BCUT2D eigenvalue weighted by atomic mass is 9.98. The van der Waals surface area contributed by atoms with Crippen LogP contribution in [0.1, 0.15) is 5.56 Å². The van der Waals surface area contributed by atoms with E-state index in [1.807, 2.05) is 0 Å². The molecule has 1 fully saturated rings. The van der Waals surface area contributed by atoms with Crippen molar-refractivity contribution in [3.05, 3.63) is 53.3 Å². The Bertz CT molecular complexity index is 980. The van der Waals surface area contributed by atoms with Gasteiger partial charge in [0.2, 0.25) is 0 Å². The highest BCUT2D eigenvalue weighted by Crippen LogP contribution is 2.39. The number of benzene rings is 2. The fraction of sp³-hybridized carbons (Fsp3) is 0.278. The molecular weight excluding hydrogens is 369 g/mol. The molecule has 0 amide bonds. The fourth-order valence-electron chi connectivity index (χ4n) is 3.10. The lowest BCUT2D eigenvalue weighted by molar-refractivity contribution is -0.184. The van der Waals surface area contributed by atoms with Crippen molar-refractivity contribution in [1.82, 2.24) is 9.55 Å². The van der Waals surface area contributed by atoms with E-state index in [-0.39, 0.29) is 30.3 Å². The summed E-state index contributed by atoms with van der Waals surface area (Å²) >= 11 is 5.75. The second-order valence-corrected chi connectivity index (χ2v) is 6.92. The number of fused-ring (bicyclic) bond motifs is 1. The standard InChI is InChI=1S/C18H14ClF3N2O2/c19-12-2-3-13(14(6-12)18(20,21)22)11-1-4-15-16(5-11)24(10-23-15)7-17(25)8-26-9-17/h1-6,10,25H,7-9H2. The molecule has 0 spiro atoms. The Morgan fingerprint density at radius 3 is 2.62 bits per heavy atom. The van der Waals surface area contributed by atoms with Crippen molar-refractivity contribution < 1.29 is 23.0 Å². The monoisotopic (exact) mass is 382 g/mol. The Morgan fingerprint density at radius 2 is 1.96 bits per heavy atom. The van der Waals surface area contributed by atoms with Gasteiger partial charge in [-0.25, -0.2) is 4.98 Å². The number of hydrogen-bond acceptors (Lipinski definition) is 3. The van der Waals surface area contributed by atoms with Gasteiger partial charge in [-0.2, -0.15) is 13.2 Å². The van der Waals surface area contributed by atoms with Crippen LogP contribution in [0, 0.1) is 0 Å². The molecule has 1 saturated heterocycles. The molecule has 2 heterocycles. The summed E-state index contributed by atoms with van der Waals surface area (Å²) < 4.78 is 47.0. The second kappa shape index (κ2) is 5.97. The van der Waals surface area contributed by atoms with Gasteiger partial charge in [-0.1, -0.05) is 23.7 Å². The minimum Gasteiger partial charge on any atom is -0.383 e. The van der Waals surface area contributed by atoms with Gasteiger partial charge in [-0.3, -0.25) is 0 Å². The van der Waals surface area contributed by atoms with Gasteiger partial charge in [-0.05, 0) is 35.4 Å². The van der Waals surface area contributed by atoms with Crippen molar-refractivity contribution in [1.29, 1.82) is 0 Å². The molecule has 1 aliphatic heterocycles. The Labute approximate surface area is 151 Å². The first-order chi connectivity index (χ1) is 12.3. The summed E-state index contributed by atoms with van der Waals surface area (Å²) in [5.41, 5.74) is -0.0316. The maximum atomic E-state index is 13.4. The van der Waals surface area contributed by atoms with E-state index in [1.54, 1.807) is 29.1 Å². The Morgan fingerprint density at radius 1 is 1.19 bits per heavy atom. The third-order valence-electron chi connectivity index (χ3n) is 4.43. The maximum absolute atomic E-state index is 13.4. The average molecular weight is 383 g/mol. The summed E-state index contributed by atoms with van der Waals surface area (Å²) in [4.78, 5) is 4.25. The van der Waals surface area contributed by atoms with Crippen LogP contribution in [-0.2, 0) is 17.5 Å². The molecule has 0 unspecified atom stereocenters. The van der Waals surface area contributed by atoms with Gasteiger partial charge in [0, 0.05) is 5.02 Å². The SMILES string of the molecule is OC1(Cn2cnc3ccc(-c4ccc(Cl)cc4C(F)(F)F)cc32)COC1. The molecule has 1 aromatic heterocycles. The highest BCUT2D eigenvalue weighted by Gasteiger charge is 2.37. The van der Waals surface area contributed by atoms with Gasteiger partial charge in [0.05, 0.1) is 42.7 Å². The van der Waals surface area contributed by atoms with E-state index in [4.69, 9.17) is 16.3 Å². The molecule has 3 aromatic rings. The third-order valence-corrected chi connectivity index (χ3v) is 4.66.